The highest BCUT2D eigenvalue weighted by atomic mass is 16.5. The number of amides is 1. The molecule has 2 rings (SSSR count). The molecule has 0 radical (unpaired) electrons. The van der Waals surface area contributed by atoms with Crippen molar-refractivity contribution in [3.8, 4) is 0 Å². The van der Waals surface area contributed by atoms with Gasteiger partial charge < -0.3 is 14.5 Å². The number of hydrogen-bond donors (Lipinski definition) is 1. The largest absolute Gasteiger partial charge is 0.454 e. The minimum atomic E-state index is -0.678. The molecule has 1 N–H and O–H groups in total. The summed E-state index contributed by atoms with van der Waals surface area (Å²) in [7, 11) is 0. The molecule has 0 spiro atoms. The standard InChI is InChI=1S/C14H16N2O5/c1-9(2)15-12(17)8-20-13(18)7-16-10-5-3-4-6-11(10)21-14(16)19/h3-6,9H,7-8H2,1-2H3,(H,15,17). The molecule has 1 aromatic carbocycles. The normalized spacial score (nSPS) is 10.8. The first-order valence-corrected chi connectivity index (χ1v) is 6.50. The molecule has 0 fully saturated rings. The SMILES string of the molecule is CC(C)NC(=O)COC(=O)Cn1c(=O)oc2ccccc21. The second-order valence-electron chi connectivity index (χ2n) is 4.80. The number of esters is 1. The molecule has 1 aromatic heterocycles. The van der Waals surface area contributed by atoms with Crippen LogP contribution in [0.2, 0.25) is 0 Å². The number of benzene rings is 1. The molecule has 21 heavy (non-hydrogen) atoms. The smallest absolute Gasteiger partial charge is 0.420 e. The summed E-state index contributed by atoms with van der Waals surface area (Å²) in [5.74, 6) is -1.70. The van der Waals surface area contributed by atoms with Crippen LogP contribution in [0.15, 0.2) is 33.5 Å². The van der Waals surface area contributed by atoms with E-state index in [1.165, 1.54) is 0 Å². The maximum Gasteiger partial charge on any atom is 0.420 e. The van der Waals surface area contributed by atoms with Gasteiger partial charge in [0.15, 0.2) is 12.2 Å². The Morgan fingerprint density at radius 1 is 1.33 bits per heavy atom. The third kappa shape index (κ3) is 3.71. The third-order valence-corrected chi connectivity index (χ3v) is 2.67. The van der Waals surface area contributed by atoms with E-state index in [4.69, 9.17) is 9.15 Å². The topological polar surface area (TPSA) is 90.5 Å². The van der Waals surface area contributed by atoms with Crippen molar-refractivity contribution in [3.05, 3.63) is 34.8 Å². The van der Waals surface area contributed by atoms with Crippen LogP contribution in [0, 0.1) is 0 Å². The number of aromatic nitrogens is 1. The van der Waals surface area contributed by atoms with Crippen LogP contribution in [0.1, 0.15) is 13.8 Å². The first kappa shape index (κ1) is 14.8. The fourth-order valence-electron chi connectivity index (χ4n) is 1.85. The van der Waals surface area contributed by atoms with E-state index in [1.807, 2.05) is 0 Å². The summed E-state index contributed by atoms with van der Waals surface area (Å²) in [6.45, 7) is 2.93. The number of hydrogen-bond acceptors (Lipinski definition) is 5. The predicted octanol–water partition coefficient (Wildman–Crippen LogP) is 0.662. The van der Waals surface area contributed by atoms with Crippen LogP contribution in [0.3, 0.4) is 0 Å². The van der Waals surface area contributed by atoms with Gasteiger partial charge in [0.2, 0.25) is 0 Å². The molecule has 0 unspecified atom stereocenters. The summed E-state index contributed by atoms with van der Waals surface area (Å²) in [5.41, 5.74) is 0.902. The summed E-state index contributed by atoms with van der Waals surface area (Å²) in [6.07, 6.45) is 0. The highest BCUT2D eigenvalue weighted by Gasteiger charge is 2.14. The molecule has 0 aliphatic heterocycles. The van der Waals surface area contributed by atoms with Crippen LogP contribution >= 0.6 is 0 Å². The number of rotatable bonds is 5. The molecule has 112 valence electrons. The Hall–Kier alpha value is -2.57. The van der Waals surface area contributed by atoms with Gasteiger partial charge in [0, 0.05) is 6.04 Å². The van der Waals surface area contributed by atoms with E-state index < -0.39 is 11.7 Å². The van der Waals surface area contributed by atoms with Gasteiger partial charge in [0.25, 0.3) is 5.91 Å². The summed E-state index contributed by atoms with van der Waals surface area (Å²) >= 11 is 0. The van der Waals surface area contributed by atoms with Crippen LogP contribution in [0.4, 0.5) is 0 Å². The van der Waals surface area contributed by atoms with E-state index in [2.05, 4.69) is 5.32 Å². The van der Waals surface area contributed by atoms with Crippen molar-refractivity contribution in [2.75, 3.05) is 6.61 Å². The zero-order valence-electron chi connectivity index (χ0n) is 11.8. The number of para-hydroxylation sites is 2. The van der Waals surface area contributed by atoms with E-state index >= 15 is 0 Å². The first-order valence-electron chi connectivity index (χ1n) is 6.50. The molecule has 7 nitrogen and oxygen atoms in total. The Kier molecular flexibility index (Phi) is 4.42. The van der Waals surface area contributed by atoms with Gasteiger partial charge in [-0.3, -0.25) is 14.2 Å². The lowest BCUT2D eigenvalue weighted by molar-refractivity contribution is -0.149. The molecule has 1 amide bonds. The molecular formula is C14H16N2O5. The van der Waals surface area contributed by atoms with Gasteiger partial charge in [0.1, 0.15) is 6.54 Å². The quantitative estimate of drug-likeness (QED) is 0.818. The Morgan fingerprint density at radius 2 is 2.05 bits per heavy atom. The Morgan fingerprint density at radius 3 is 2.76 bits per heavy atom. The lowest BCUT2D eigenvalue weighted by Crippen LogP contribution is -2.34. The van der Waals surface area contributed by atoms with Gasteiger partial charge in [-0.1, -0.05) is 12.1 Å². The van der Waals surface area contributed by atoms with Crippen molar-refractivity contribution in [3.63, 3.8) is 0 Å². The molecule has 7 heteroatoms. The van der Waals surface area contributed by atoms with Gasteiger partial charge in [0.05, 0.1) is 5.52 Å². The summed E-state index contributed by atoms with van der Waals surface area (Å²) in [4.78, 5) is 34.7. The van der Waals surface area contributed by atoms with Crippen molar-refractivity contribution < 1.29 is 18.7 Å². The average Bonchev–Trinajstić information content (AvgIpc) is 2.72. The van der Waals surface area contributed by atoms with E-state index in [9.17, 15) is 14.4 Å². The molecule has 0 aliphatic carbocycles. The van der Waals surface area contributed by atoms with Crippen molar-refractivity contribution in [1.29, 1.82) is 0 Å². The second kappa shape index (κ2) is 6.25. The van der Waals surface area contributed by atoms with Crippen LogP contribution < -0.4 is 11.1 Å². The number of ether oxygens (including phenoxy) is 1. The monoisotopic (exact) mass is 292 g/mol. The number of carbonyl (C=O) groups is 2. The molecule has 0 aliphatic rings. The van der Waals surface area contributed by atoms with Gasteiger partial charge in [-0.25, -0.2) is 4.79 Å². The van der Waals surface area contributed by atoms with Crippen molar-refractivity contribution >= 4 is 23.0 Å². The Labute approximate surface area is 120 Å². The fourth-order valence-corrected chi connectivity index (χ4v) is 1.85. The molecule has 0 saturated carbocycles. The van der Waals surface area contributed by atoms with Crippen molar-refractivity contribution in [1.82, 2.24) is 9.88 Å². The Balaban J connectivity index is 2.00. The van der Waals surface area contributed by atoms with Crippen LogP contribution in [0.25, 0.3) is 11.1 Å². The first-order chi connectivity index (χ1) is 9.97. The van der Waals surface area contributed by atoms with Gasteiger partial charge >= 0.3 is 11.7 Å². The van der Waals surface area contributed by atoms with Crippen LogP contribution in [0.5, 0.6) is 0 Å². The van der Waals surface area contributed by atoms with Crippen molar-refractivity contribution in [2.45, 2.75) is 26.4 Å². The molecular weight excluding hydrogens is 276 g/mol. The Bertz CT molecular complexity index is 713. The predicted molar refractivity (Wildman–Crippen MR) is 74.7 cm³/mol. The number of nitrogens with zero attached hydrogens (tertiary/aromatic N) is 1. The van der Waals surface area contributed by atoms with E-state index in [0.717, 1.165) is 4.57 Å². The summed E-state index contributed by atoms with van der Waals surface area (Å²) in [6, 6.07) is 6.73. The summed E-state index contributed by atoms with van der Waals surface area (Å²) < 4.78 is 11.0. The number of nitrogens with one attached hydrogen (secondary N) is 1. The summed E-state index contributed by atoms with van der Waals surface area (Å²) in [5, 5.41) is 2.59. The van der Waals surface area contributed by atoms with E-state index in [0.29, 0.717) is 11.1 Å². The third-order valence-electron chi connectivity index (χ3n) is 2.67. The molecule has 0 saturated heterocycles. The average molecular weight is 292 g/mol. The molecule has 0 bridgehead atoms. The molecule has 0 atom stereocenters. The zero-order valence-corrected chi connectivity index (χ0v) is 11.8. The van der Waals surface area contributed by atoms with Gasteiger partial charge in [-0.15, -0.1) is 0 Å². The van der Waals surface area contributed by atoms with E-state index in [1.54, 1.807) is 38.1 Å². The fraction of sp³-hybridized carbons (Fsp3) is 0.357. The maximum absolute atomic E-state index is 11.7. The highest BCUT2D eigenvalue weighted by molar-refractivity contribution is 5.81. The van der Waals surface area contributed by atoms with Crippen molar-refractivity contribution in [2.24, 2.45) is 0 Å². The lowest BCUT2D eigenvalue weighted by Gasteiger charge is -2.08. The lowest BCUT2D eigenvalue weighted by atomic mass is 10.3. The van der Waals surface area contributed by atoms with Crippen LogP contribution in [-0.2, 0) is 20.9 Å². The molecule has 2 aromatic rings. The number of fused-ring (bicyclic) bond motifs is 1. The van der Waals surface area contributed by atoms with E-state index in [-0.39, 0.29) is 25.1 Å². The van der Waals surface area contributed by atoms with Gasteiger partial charge in [-0.2, -0.15) is 0 Å². The zero-order chi connectivity index (χ0) is 15.4. The minimum Gasteiger partial charge on any atom is -0.454 e. The van der Waals surface area contributed by atoms with Crippen LogP contribution in [-0.4, -0.2) is 29.1 Å². The second-order valence-corrected chi connectivity index (χ2v) is 4.80. The molecule has 1 heterocycles. The number of carbonyl (C=O) groups excluding carboxylic acids is 2. The maximum atomic E-state index is 11.7. The number of oxazole rings is 1. The highest BCUT2D eigenvalue weighted by Crippen LogP contribution is 2.11. The minimum absolute atomic E-state index is 0.0309. The van der Waals surface area contributed by atoms with Gasteiger partial charge in [-0.05, 0) is 26.0 Å².